The molecule has 1 fully saturated rings. The van der Waals surface area contributed by atoms with Gasteiger partial charge < -0.3 is 20.7 Å². The molecule has 0 saturated carbocycles. The summed E-state index contributed by atoms with van der Waals surface area (Å²) < 4.78 is 5.49. The van der Waals surface area contributed by atoms with Gasteiger partial charge in [-0.15, -0.1) is 0 Å². The van der Waals surface area contributed by atoms with Crippen LogP contribution in [0.2, 0.25) is 5.02 Å². The van der Waals surface area contributed by atoms with Crippen molar-refractivity contribution >= 4 is 35.0 Å². The van der Waals surface area contributed by atoms with Crippen molar-refractivity contribution in [1.29, 1.82) is 0 Å². The van der Waals surface area contributed by atoms with Crippen LogP contribution in [-0.2, 0) is 17.7 Å². The fraction of sp³-hybridized carbons (Fsp3) is 0.387. The van der Waals surface area contributed by atoms with Gasteiger partial charge in [0.1, 0.15) is 11.3 Å². The first-order chi connectivity index (χ1) is 18.9. The minimum absolute atomic E-state index is 0.247. The first kappa shape index (κ1) is 27.9. The summed E-state index contributed by atoms with van der Waals surface area (Å²) in [5.74, 6) is -0.314. The van der Waals surface area contributed by atoms with Gasteiger partial charge >= 0.3 is 6.09 Å². The summed E-state index contributed by atoms with van der Waals surface area (Å²) in [7, 11) is 0. The van der Waals surface area contributed by atoms with Crippen LogP contribution in [0.4, 0.5) is 16.2 Å². The SMILES string of the molecule is Cc1cc(C(=O)Nc2cccc(-c3cccc(N)c3C)c2Cl)nc2c1CCN(C1CN(C(=O)OC(C)(C)C)C1)C2. The summed E-state index contributed by atoms with van der Waals surface area (Å²) in [5, 5.41) is 3.41. The fourth-order valence-electron chi connectivity index (χ4n) is 5.32. The number of aryl methyl sites for hydroxylation is 1. The number of nitrogens with two attached hydrogens (primary N) is 1. The molecule has 0 spiro atoms. The Labute approximate surface area is 240 Å². The van der Waals surface area contributed by atoms with Gasteiger partial charge in [-0.2, -0.15) is 0 Å². The van der Waals surface area contributed by atoms with E-state index in [0.29, 0.717) is 41.7 Å². The van der Waals surface area contributed by atoms with Crippen LogP contribution < -0.4 is 11.1 Å². The number of nitrogens with zero attached hydrogens (tertiary/aromatic N) is 3. The predicted octanol–water partition coefficient (Wildman–Crippen LogP) is 5.83. The van der Waals surface area contributed by atoms with Gasteiger partial charge in [0.2, 0.25) is 0 Å². The quantitative estimate of drug-likeness (QED) is 0.389. The Morgan fingerprint density at radius 1 is 1.10 bits per heavy atom. The van der Waals surface area contributed by atoms with Crippen molar-refractivity contribution in [2.24, 2.45) is 0 Å². The molecule has 1 saturated heterocycles. The molecule has 0 atom stereocenters. The number of hydrogen-bond acceptors (Lipinski definition) is 6. The number of rotatable bonds is 4. The first-order valence-electron chi connectivity index (χ1n) is 13.6. The van der Waals surface area contributed by atoms with Crippen LogP contribution in [0.5, 0.6) is 0 Å². The lowest BCUT2D eigenvalue weighted by Crippen LogP contribution is -2.62. The van der Waals surface area contributed by atoms with Gasteiger partial charge in [-0.1, -0.05) is 35.9 Å². The van der Waals surface area contributed by atoms with Gasteiger partial charge in [-0.05, 0) is 81.5 Å². The van der Waals surface area contributed by atoms with Gasteiger partial charge in [0.05, 0.1) is 16.4 Å². The number of nitrogens with one attached hydrogen (secondary N) is 1. The Balaban J connectivity index is 1.30. The summed E-state index contributed by atoms with van der Waals surface area (Å²) in [6.07, 6.45) is 0.578. The number of amides is 2. The molecule has 0 unspecified atom stereocenters. The van der Waals surface area contributed by atoms with E-state index in [9.17, 15) is 9.59 Å². The molecule has 2 aliphatic rings. The number of benzene rings is 2. The Bertz CT molecular complexity index is 1480. The average molecular weight is 562 g/mol. The van der Waals surface area contributed by atoms with Crippen LogP contribution in [0.25, 0.3) is 11.1 Å². The number of nitrogen functional groups attached to an aromatic ring is 1. The second kappa shape index (κ2) is 10.7. The summed E-state index contributed by atoms with van der Waals surface area (Å²) >= 11 is 6.77. The number of carbonyl (C=O) groups excluding carboxylic acids is 2. The number of halogens is 1. The van der Waals surface area contributed by atoms with Crippen molar-refractivity contribution in [1.82, 2.24) is 14.8 Å². The molecular weight excluding hydrogens is 526 g/mol. The summed E-state index contributed by atoms with van der Waals surface area (Å²) in [4.78, 5) is 34.6. The molecular formula is C31H36ClN5O3. The smallest absolute Gasteiger partial charge is 0.410 e. The number of ether oxygens (including phenoxy) is 1. The van der Waals surface area contributed by atoms with Gasteiger partial charge in [0.15, 0.2) is 0 Å². The molecule has 3 N–H and O–H groups in total. The third kappa shape index (κ3) is 5.64. The average Bonchev–Trinajstić information content (AvgIpc) is 2.85. The maximum atomic E-state index is 13.4. The minimum Gasteiger partial charge on any atom is -0.444 e. The standard InChI is InChI=1S/C31H36ClN5O3/c1-18-14-26(29(38)35-25-11-7-9-23(28(25)32)22-8-6-10-24(33)19(22)2)34-27-17-36(13-12-21(18)27)20-15-37(16-20)30(39)40-31(3,4)5/h6-11,14,20H,12-13,15-17,33H2,1-5H3,(H,35,38). The van der Waals surface area contributed by atoms with Crippen LogP contribution in [0.1, 0.15) is 53.6 Å². The molecule has 40 heavy (non-hydrogen) atoms. The minimum atomic E-state index is -0.509. The highest BCUT2D eigenvalue weighted by Crippen LogP contribution is 2.37. The molecule has 3 heterocycles. The molecule has 5 rings (SSSR count). The summed E-state index contributed by atoms with van der Waals surface area (Å²) in [6.45, 7) is 12.4. The zero-order chi connectivity index (χ0) is 28.8. The van der Waals surface area contributed by atoms with E-state index in [1.54, 1.807) is 11.0 Å². The zero-order valence-electron chi connectivity index (χ0n) is 23.7. The summed E-state index contributed by atoms with van der Waals surface area (Å²) in [6, 6.07) is 13.4. The lowest BCUT2D eigenvalue weighted by molar-refractivity contribution is -0.0183. The monoisotopic (exact) mass is 561 g/mol. The van der Waals surface area contributed by atoms with E-state index in [1.165, 1.54) is 5.56 Å². The zero-order valence-corrected chi connectivity index (χ0v) is 24.4. The van der Waals surface area contributed by atoms with Gasteiger partial charge in [0.25, 0.3) is 5.91 Å². The van der Waals surface area contributed by atoms with Crippen molar-refractivity contribution in [2.45, 2.75) is 59.2 Å². The van der Waals surface area contributed by atoms with E-state index in [2.05, 4.69) is 10.2 Å². The molecule has 2 amide bonds. The molecule has 1 aromatic heterocycles. The van der Waals surface area contributed by atoms with Crippen LogP contribution in [0.15, 0.2) is 42.5 Å². The molecule has 0 bridgehead atoms. The number of aromatic nitrogens is 1. The number of likely N-dealkylation sites (tertiary alicyclic amines) is 1. The topological polar surface area (TPSA) is 101 Å². The highest BCUT2D eigenvalue weighted by molar-refractivity contribution is 6.36. The Hall–Kier alpha value is -3.62. The molecule has 3 aromatic rings. The van der Waals surface area contributed by atoms with Crippen LogP contribution in [0, 0.1) is 13.8 Å². The van der Waals surface area contributed by atoms with Crippen LogP contribution >= 0.6 is 11.6 Å². The lowest BCUT2D eigenvalue weighted by atomic mass is 9.96. The third-order valence-electron chi connectivity index (χ3n) is 7.61. The van der Waals surface area contributed by atoms with Crippen LogP contribution in [0.3, 0.4) is 0 Å². The third-order valence-corrected chi connectivity index (χ3v) is 8.02. The van der Waals surface area contributed by atoms with E-state index >= 15 is 0 Å². The number of fused-ring (bicyclic) bond motifs is 1. The Morgan fingerprint density at radius 3 is 2.52 bits per heavy atom. The summed E-state index contributed by atoms with van der Waals surface area (Å²) in [5.41, 5.74) is 13.0. The second-order valence-electron chi connectivity index (χ2n) is 11.7. The normalized spacial score (nSPS) is 15.8. The highest BCUT2D eigenvalue weighted by Gasteiger charge is 2.38. The molecule has 2 aromatic carbocycles. The maximum Gasteiger partial charge on any atom is 0.410 e. The van der Waals surface area contributed by atoms with Crippen molar-refractivity contribution in [2.75, 3.05) is 30.7 Å². The molecule has 9 heteroatoms. The van der Waals surface area contributed by atoms with Crippen molar-refractivity contribution in [3.8, 4) is 11.1 Å². The first-order valence-corrected chi connectivity index (χ1v) is 14.0. The molecule has 0 aliphatic carbocycles. The van der Waals surface area contributed by atoms with E-state index in [1.807, 2.05) is 71.0 Å². The van der Waals surface area contributed by atoms with Gasteiger partial charge in [0, 0.05) is 43.5 Å². The lowest BCUT2D eigenvalue weighted by Gasteiger charge is -2.46. The Morgan fingerprint density at radius 2 is 1.80 bits per heavy atom. The number of hydrogen-bond donors (Lipinski definition) is 2. The van der Waals surface area contributed by atoms with Crippen molar-refractivity contribution in [3.05, 3.63) is 75.6 Å². The van der Waals surface area contributed by atoms with E-state index in [0.717, 1.165) is 40.9 Å². The van der Waals surface area contributed by atoms with E-state index < -0.39 is 5.60 Å². The number of pyridine rings is 1. The molecule has 8 nitrogen and oxygen atoms in total. The van der Waals surface area contributed by atoms with E-state index in [-0.39, 0.29) is 18.0 Å². The van der Waals surface area contributed by atoms with Crippen molar-refractivity contribution < 1.29 is 14.3 Å². The van der Waals surface area contributed by atoms with Gasteiger partial charge in [-0.25, -0.2) is 9.78 Å². The predicted molar refractivity (Wildman–Crippen MR) is 159 cm³/mol. The number of carbonyl (C=O) groups is 2. The second-order valence-corrected chi connectivity index (χ2v) is 12.0. The van der Waals surface area contributed by atoms with E-state index in [4.69, 9.17) is 27.1 Å². The Kier molecular flexibility index (Phi) is 7.50. The number of anilines is 2. The molecule has 2 aliphatic heterocycles. The van der Waals surface area contributed by atoms with Gasteiger partial charge in [-0.3, -0.25) is 9.69 Å². The molecule has 210 valence electrons. The highest BCUT2D eigenvalue weighted by atomic mass is 35.5. The molecule has 0 radical (unpaired) electrons. The maximum absolute atomic E-state index is 13.4. The largest absolute Gasteiger partial charge is 0.444 e. The van der Waals surface area contributed by atoms with Crippen LogP contribution in [-0.4, -0.2) is 58.1 Å². The van der Waals surface area contributed by atoms with Crippen molar-refractivity contribution in [3.63, 3.8) is 0 Å². The fourth-order valence-corrected chi connectivity index (χ4v) is 5.60.